The van der Waals surface area contributed by atoms with Crippen LogP contribution in [-0.4, -0.2) is 30.4 Å². The van der Waals surface area contributed by atoms with Gasteiger partial charge in [-0.1, -0.05) is 0 Å². The van der Waals surface area contributed by atoms with Gasteiger partial charge in [0.15, 0.2) is 0 Å². The quantitative estimate of drug-likeness (QED) is 0.257. The SMILES string of the molecule is CCNCC=C=I12C([I-]CC)I1CI(C)[C@H]2C. The summed E-state index contributed by atoms with van der Waals surface area (Å²) in [7, 11) is 0. The summed E-state index contributed by atoms with van der Waals surface area (Å²) in [4.78, 5) is 2.68. The molecule has 0 aliphatic carbocycles. The monoisotopic (exact) mass is 690 g/mol. The molecule has 2 unspecified atom stereocenters. The number of rotatable bonds is 5. The Balaban J connectivity index is 2.16. The summed E-state index contributed by atoms with van der Waals surface area (Å²) in [5.74, 6) is 0. The molecule has 3 atom stereocenters. The fourth-order valence-electron chi connectivity index (χ4n) is 1.84. The molecule has 2 heterocycles. The fraction of sp³-hybridized carbons (Fsp3) is 0.833. The van der Waals surface area contributed by atoms with E-state index >= 15 is 0 Å². The number of nitrogens with one attached hydrogen (secondary N) is 1. The normalized spacial score (nSPS) is 42.8. The van der Waals surface area contributed by atoms with Gasteiger partial charge >= 0.3 is 133 Å². The molecule has 1 N–H and O–H groups in total. The van der Waals surface area contributed by atoms with Gasteiger partial charge in [0.25, 0.3) is 0 Å². The van der Waals surface area contributed by atoms with Crippen molar-refractivity contribution in [3.63, 3.8) is 0 Å². The predicted octanol–water partition coefficient (Wildman–Crippen LogP) is 0.876. The van der Waals surface area contributed by atoms with E-state index < -0.39 is 33.8 Å². The van der Waals surface area contributed by atoms with Crippen LogP contribution in [0.25, 0.3) is 0 Å². The molecule has 5 heteroatoms. The van der Waals surface area contributed by atoms with E-state index in [1.54, 1.807) is 4.43 Å². The van der Waals surface area contributed by atoms with E-state index in [-0.39, 0.29) is 15.8 Å². The van der Waals surface area contributed by atoms with Crippen LogP contribution in [0.5, 0.6) is 0 Å². The molecule has 0 bridgehead atoms. The van der Waals surface area contributed by atoms with E-state index in [4.69, 9.17) is 0 Å². The molecule has 0 amide bonds. The Morgan fingerprint density at radius 3 is 2.94 bits per heavy atom. The summed E-state index contributed by atoms with van der Waals surface area (Å²) in [6.07, 6.45) is 2.43. The molecule has 0 radical (unpaired) electrons. The average Bonchev–Trinajstić information content (AvgIpc) is 2.83. The van der Waals surface area contributed by atoms with Crippen molar-refractivity contribution in [3.05, 3.63) is 6.08 Å². The molecule has 2 aliphatic rings. The van der Waals surface area contributed by atoms with Crippen LogP contribution in [0, 0.1) is 0 Å². The Labute approximate surface area is 131 Å². The van der Waals surface area contributed by atoms with E-state index in [9.17, 15) is 0 Å². The van der Waals surface area contributed by atoms with Gasteiger partial charge in [0, 0.05) is 0 Å². The van der Waals surface area contributed by atoms with Crippen molar-refractivity contribution in [3.8, 4) is 0 Å². The maximum atomic E-state index is 4.11. The first-order valence-electron chi connectivity index (χ1n) is 6.00. The Morgan fingerprint density at radius 1 is 1.53 bits per heavy atom. The van der Waals surface area contributed by atoms with Gasteiger partial charge in [-0.3, -0.25) is 0 Å². The second-order valence-electron chi connectivity index (χ2n) is 3.97. The zero-order valence-electron chi connectivity index (χ0n) is 11.1. The van der Waals surface area contributed by atoms with Crippen molar-refractivity contribution < 1.29 is 21.2 Å². The molecule has 1 nitrogen and oxygen atoms in total. The molecule has 17 heavy (non-hydrogen) atoms. The Hall–Kier alpha value is 2.53. The van der Waals surface area contributed by atoms with Crippen LogP contribution in [0.15, 0.2) is 6.08 Å². The number of likely N-dealkylation sites (N-methyl/N-ethyl adjacent to an activating group) is 1. The van der Waals surface area contributed by atoms with Gasteiger partial charge in [0.1, 0.15) is 0 Å². The van der Waals surface area contributed by atoms with Gasteiger partial charge < -0.3 is 0 Å². The van der Waals surface area contributed by atoms with Gasteiger partial charge in [-0.05, 0) is 0 Å². The summed E-state index contributed by atoms with van der Waals surface area (Å²) in [5.41, 5.74) is 0. The van der Waals surface area contributed by atoms with E-state index in [1.165, 1.54) is 1.87 Å². The van der Waals surface area contributed by atoms with Crippen molar-refractivity contribution >= 4 is 53.3 Å². The molecule has 2 aliphatic heterocycles. The van der Waals surface area contributed by atoms with Crippen LogP contribution in [0.3, 0.4) is 0 Å². The minimum atomic E-state index is -1.33. The predicted molar refractivity (Wildman–Crippen MR) is 105 cm³/mol. The Kier molecular flexibility index (Phi) is 6.55. The van der Waals surface area contributed by atoms with E-state index in [0.29, 0.717) is 21.2 Å². The molecular weight excluding hydrogens is 666 g/mol. The van der Waals surface area contributed by atoms with E-state index in [2.05, 4.69) is 40.8 Å². The van der Waals surface area contributed by atoms with E-state index in [0.717, 1.165) is 13.1 Å². The standard InChI is InChI=1S/C12H24I4N/c1-5-13-12-15-10-14(4)11(3)16(12,15)8-7-9-17-6-2/h7,11-12,17H,5-6,9-10H2,1-4H3/q-1/t11-,12?/m1/s1. The van der Waals surface area contributed by atoms with Crippen molar-refractivity contribution in [2.45, 2.75) is 22.6 Å². The molecule has 2 saturated heterocycles. The second-order valence-corrected chi connectivity index (χ2v) is 53.4. The number of fused-ring (bicyclic) bond motifs is 1. The molecule has 2 fully saturated rings. The van der Waals surface area contributed by atoms with Gasteiger partial charge in [-0.25, -0.2) is 0 Å². The van der Waals surface area contributed by atoms with E-state index in [1.807, 2.05) is 2.43 Å². The molecule has 0 aromatic heterocycles. The molecule has 0 aromatic carbocycles. The van der Waals surface area contributed by atoms with Crippen LogP contribution in [0.1, 0.15) is 20.8 Å². The third-order valence-electron chi connectivity index (χ3n) is 2.91. The molecule has 0 aromatic rings. The zero-order valence-corrected chi connectivity index (χ0v) is 19.7. The van der Waals surface area contributed by atoms with Crippen LogP contribution in [-0.2, 0) is 0 Å². The molecule has 2 rings (SSSR count). The number of hydrogen-bond acceptors (Lipinski definition) is 1. The van der Waals surface area contributed by atoms with Crippen molar-refractivity contribution in [2.24, 2.45) is 0 Å². The second kappa shape index (κ2) is 7.00. The summed E-state index contributed by atoms with van der Waals surface area (Å²) >= 11 is -1.56. The van der Waals surface area contributed by atoms with Gasteiger partial charge in [0.05, 0.1) is 0 Å². The van der Waals surface area contributed by atoms with Gasteiger partial charge in [-0.15, -0.1) is 0 Å². The number of alkyl halides is 9. The maximum absolute atomic E-state index is 4.11. The summed E-state index contributed by atoms with van der Waals surface area (Å²) in [6.45, 7) is 9.48. The van der Waals surface area contributed by atoms with Crippen molar-refractivity contribution in [2.75, 3.05) is 24.9 Å². The fourth-order valence-corrected chi connectivity index (χ4v) is 192. The first kappa shape index (κ1) is 15.9. The number of hydrogen-bond donors (Lipinski definition) is 1. The third kappa shape index (κ3) is 3.08. The van der Waals surface area contributed by atoms with Crippen LogP contribution >= 0.6 is 49.6 Å². The van der Waals surface area contributed by atoms with Crippen LogP contribution < -0.4 is 26.5 Å². The average molecular weight is 690 g/mol. The number of halogens is 4. The third-order valence-corrected chi connectivity index (χ3v) is 106. The first-order chi connectivity index (χ1) is 8.18. The minimum absolute atomic E-state index is 0.374. The molecule has 106 valence electrons. The molecule has 0 spiro atoms. The van der Waals surface area contributed by atoms with Gasteiger partial charge in [-0.2, -0.15) is 0 Å². The van der Waals surface area contributed by atoms with Crippen LogP contribution in [0.4, 0.5) is 0 Å². The summed E-state index contributed by atoms with van der Waals surface area (Å²) in [5, 5.41) is 3.43. The van der Waals surface area contributed by atoms with Gasteiger partial charge in [0.2, 0.25) is 0 Å². The van der Waals surface area contributed by atoms with Crippen molar-refractivity contribution in [1.29, 1.82) is 0 Å². The topological polar surface area (TPSA) is 12.0 Å². The van der Waals surface area contributed by atoms with Crippen LogP contribution in [0.2, 0.25) is 0 Å². The molecule has 0 saturated carbocycles. The summed E-state index contributed by atoms with van der Waals surface area (Å²) < 4.78 is 10.2. The molecular formula is C12H24I4N-. The summed E-state index contributed by atoms with van der Waals surface area (Å²) in [6, 6.07) is 0. The Morgan fingerprint density at radius 2 is 2.29 bits per heavy atom. The van der Waals surface area contributed by atoms with Crippen molar-refractivity contribution in [1.82, 2.24) is 5.32 Å². The zero-order chi connectivity index (χ0) is 12.5. The Bertz CT molecular complexity index is 354. The first-order valence-corrected chi connectivity index (χ1v) is 26.3.